The van der Waals surface area contributed by atoms with Crippen molar-refractivity contribution in [3.8, 4) is 0 Å². The summed E-state index contributed by atoms with van der Waals surface area (Å²) in [5, 5.41) is 5.59. The minimum atomic E-state index is -0.590. The Bertz CT molecular complexity index is 851. The minimum Gasteiger partial charge on any atom is -0.325 e. The molecule has 0 saturated heterocycles. The van der Waals surface area contributed by atoms with E-state index < -0.39 is 5.41 Å². The number of Topliss-reactive ketones (excluding diaryl/α,β-unsaturated/α-hetero) is 1. The topological polar surface area (TPSA) is 75.3 Å². The fourth-order valence-corrected chi connectivity index (χ4v) is 2.73. The zero-order valence-corrected chi connectivity index (χ0v) is 13.8. The van der Waals surface area contributed by atoms with Gasteiger partial charge in [0.25, 0.3) is 5.91 Å². The van der Waals surface area contributed by atoms with Gasteiger partial charge in [0.2, 0.25) is 5.91 Å². The molecular formula is C19H18N2O3. The van der Waals surface area contributed by atoms with Crippen LogP contribution in [0.1, 0.15) is 47.1 Å². The number of anilines is 2. The van der Waals surface area contributed by atoms with Crippen LogP contribution in [-0.2, 0) is 10.2 Å². The summed E-state index contributed by atoms with van der Waals surface area (Å²) in [5.74, 6) is -0.368. The normalized spacial score (nSPS) is 14.7. The molecule has 2 aromatic rings. The molecule has 0 saturated carbocycles. The Hall–Kier alpha value is -2.95. The molecule has 2 N–H and O–H groups in total. The van der Waals surface area contributed by atoms with Crippen LogP contribution in [0.2, 0.25) is 0 Å². The Kier molecular flexibility index (Phi) is 3.72. The number of nitrogens with one attached hydrogen (secondary N) is 2. The number of benzene rings is 2. The summed E-state index contributed by atoms with van der Waals surface area (Å²) in [4.78, 5) is 35.6. The van der Waals surface area contributed by atoms with Gasteiger partial charge in [-0.2, -0.15) is 0 Å². The number of hydrogen-bond acceptors (Lipinski definition) is 3. The van der Waals surface area contributed by atoms with Crippen molar-refractivity contribution in [3.05, 3.63) is 59.2 Å². The number of carbonyl (C=O) groups is 3. The highest BCUT2D eigenvalue weighted by Crippen LogP contribution is 2.37. The number of ketones is 1. The molecular weight excluding hydrogens is 304 g/mol. The van der Waals surface area contributed by atoms with E-state index >= 15 is 0 Å². The zero-order chi connectivity index (χ0) is 17.5. The van der Waals surface area contributed by atoms with E-state index in [4.69, 9.17) is 0 Å². The second-order valence-electron chi connectivity index (χ2n) is 6.43. The lowest BCUT2D eigenvalue weighted by atomic mass is 9.86. The Labute approximate surface area is 140 Å². The number of rotatable bonds is 3. The van der Waals surface area contributed by atoms with Crippen LogP contribution < -0.4 is 10.6 Å². The van der Waals surface area contributed by atoms with Gasteiger partial charge in [-0.15, -0.1) is 0 Å². The van der Waals surface area contributed by atoms with Crippen molar-refractivity contribution < 1.29 is 14.4 Å². The van der Waals surface area contributed by atoms with Crippen LogP contribution in [-0.4, -0.2) is 17.6 Å². The van der Waals surface area contributed by atoms with Gasteiger partial charge in [-0.05, 0) is 62.7 Å². The molecule has 1 aliphatic heterocycles. The van der Waals surface area contributed by atoms with Crippen LogP contribution in [0.15, 0.2) is 42.5 Å². The average Bonchev–Trinajstić information content (AvgIpc) is 2.77. The summed E-state index contributed by atoms with van der Waals surface area (Å²) in [5.41, 5.74) is 2.62. The maximum absolute atomic E-state index is 12.4. The molecule has 5 nitrogen and oxygen atoms in total. The first-order valence-corrected chi connectivity index (χ1v) is 7.67. The lowest BCUT2D eigenvalue weighted by molar-refractivity contribution is -0.119. The first-order chi connectivity index (χ1) is 11.3. The van der Waals surface area contributed by atoms with Crippen molar-refractivity contribution in [1.82, 2.24) is 0 Å². The van der Waals surface area contributed by atoms with Crippen molar-refractivity contribution in [1.29, 1.82) is 0 Å². The van der Waals surface area contributed by atoms with Gasteiger partial charge in [0.1, 0.15) is 0 Å². The quantitative estimate of drug-likeness (QED) is 0.851. The van der Waals surface area contributed by atoms with Crippen molar-refractivity contribution in [2.24, 2.45) is 0 Å². The molecule has 0 radical (unpaired) electrons. The van der Waals surface area contributed by atoms with Crippen molar-refractivity contribution >= 4 is 29.0 Å². The fourth-order valence-electron chi connectivity index (χ4n) is 2.73. The highest BCUT2D eigenvalue weighted by atomic mass is 16.2. The first-order valence-electron chi connectivity index (χ1n) is 7.67. The van der Waals surface area contributed by atoms with E-state index in [-0.39, 0.29) is 17.6 Å². The predicted octanol–water partition coefficient (Wildman–Crippen LogP) is 3.37. The third-order valence-electron chi connectivity index (χ3n) is 4.32. The summed E-state index contributed by atoms with van der Waals surface area (Å²) >= 11 is 0. The van der Waals surface area contributed by atoms with Crippen LogP contribution in [0.25, 0.3) is 0 Å². The Morgan fingerprint density at radius 2 is 1.62 bits per heavy atom. The molecule has 122 valence electrons. The molecule has 3 rings (SSSR count). The largest absolute Gasteiger partial charge is 0.325 e. The molecule has 2 amide bonds. The molecule has 24 heavy (non-hydrogen) atoms. The van der Waals surface area contributed by atoms with Crippen molar-refractivity contribution in [3.63, 3.8) is 0 Å². The maximum Gasteiger partial charge on any atom is 0.255 e. The lowest BCUT2D eigenvalue weighted by Gasteiger charge is -2.15. The summed E-state index contributed by atoms with van der Waals surface area (Å²) in [6.07, 6.45) is 0. The molecule has 2 aromatic carbocycles. The van der Waals surface area contributed by atoms with E-state index in [2.05, 4.69) is 10.6 Å². The summed E-state index contributed by atoms with van der Waals surface area (Å²) < 4.78 is 0. The molecule has 0 aromatic heterocycles. The second kappa shape index (κ2) is 5.60. The third kappa shape index (κ3) is 2.69. The summed E-state index contributed by atoms with van der Waals surface area (Å²) in [6.45, 7) is 5.20. The smallest absolute Gasteiger partial charge is 0.255 e. The van der Waals surface area contributed by atoms with E-state index in [0.29, 0.717) is 22.5 Å². The fraction of sp³-hybridized carbons (Fsp3) is 0.211. The van der Waals surface area contributed by atoms with Gasteiger partial charge >= 0.3 is 0 Å². The number of hydrogen-bond donors (Lipinski definition) is 2. The first kappa shape index (κ1) is 15.9. The molecule has 0 aliphatic carbocycles. The number of carbonyl (C=O) groups excluding carboxylic acids is 3. The molecule has 1 aliphatic rings. The van der Waals surface area contributed by atoms with E-state index in [1.165, 1.54) is 6.92 Å². The van der Waals surface area contributed by atoms with Gasteiger partial charge in [0.05, 0.1) is 5.41 Å². The van der Waals surface area contributed by atoms with Gasteiger partial charge in [-0.25, -0.2) is 0 Å². The average molecular weight is 322 g/mol. The second-order valence-corrected chi connectivity index (χ2v) is 6.43. The van der Waals surface area contributed by atoms with E-state index in [1.807, 2.05) is 13.8 Å². The SMILES string of the molecule is CC(=O)c1ccc(NC(=O)c2ccc3c(c2)NC(=O)C3(C)C)cc1. The highest BCUT2D eigenvalue weighted by molar-refractivity contribution is 6.09. The third-order valence-corrected chi connectivity index (χ3v) is 4.32. The standard InChI is InChI=1S/C19H18N2O3/c1-11(22)12-4-7-14(8-5-12)20-17(23)13-6-9-15-16(10-13)21-18(24)19(15,2)3/h4-10H,1-3H3,(H,20,23)(H,21,24). The van der Waals surface area contributed by atoms with Crippen molar-refractivity contribution in [2.75, 3.05) is 10.6 Å². The predicted molar refractivity (Wildman–Crippen MR) is 92.5 cm³/mol. The van der Waals surface area contributed by atoms with Gasteiger partial charge in [0, 0.05) is 22.5 Å². The molecule has 1 heterocycles. The zero-order valence-electron chi connectivity index (χ0n) is 13.8. The molecule has 0 atom stereocenters. The van der Waals surface area contributed by atoms with Crippen molar-refractivity contribution in [2.45, 2.75) is 26.2 Å². The van der Waals surface area contributed by atoms with Gasteiger partial charge in [-0.3, -0.25) is 14.4 Å². The van der Waals surface area contributed by atoms with Gasteiger partial charge < -0.3 is 10.6 Å². The molecule has 5 heteroatoms. The van der Waals surface area contributed by atoms with Crippen LogP contribution in [0.5, 0.6) is 0 Å². The van der Waals surface area contributed by atoms with Crippen LogP contribution in [0, 0.1) is 0 Å². The molecule has 0 spiro atoms. The highest BCUT2D eigenvalue weighted by Gasteiger charge is 2.38. The lowest BCUT2D eigenvalue weighted by Crippen LogP contribution is -2.26. The van der Waals surface area contributed by atoms with E-state index in [1.54, 1.807) is 42.5 Å². The molecule has 0 unspecified atom stereocenters. The number of amides is 2. The van der Waals surface area contributed by atoms with Gasteiger partial charge in [0.15, 0.2) is 5.78 Å². The Morgan fingerprint density at radius 1 is 1.00 bits per heavy atom. The molecule has 0 bridgehead atoms. The van der Waals surface area contributed by atoms with Crippen LogP contribution in [0.4, 0.5) is 11.4 Å². The Morgan fingerprint density at radius 3 is 2.25 bits per heavy atom. The van der Waals surface area contributed by atoms with Crippen LogP contribution >= 0.6 is 0 Å². The van der Waals surface area contributed by atoms with E-state index in [0.717, 1.165) is 5.56 Å². The van der Waals surface area contributed by atoms with E-state index in [9.17, 15) is 14.4 Å². The monoisotopic (exact) mass is 322 g/mol. The Balaban J connectivity index is 1.80. The minimum absolute atomic E-state index is 0.0233. The summed E-state index contributed by atoms with van der Waals surface area (Å²) in [6, 6.07) is 11.9. The number of fused-ring (bicyclic) bond motifs is 1. The summed E-state index contributed by atoms with van der Waals surface area (Å²) in [7, 11) is 0. The van der Waals surface area contributed by atoms with Gasteiger partial charge in [-0.1, -0.05) is 6.07 Å². The van der Waals surface area contributed by atoms with Crippen LogP contribution in [0.3, 0.4) is 0 Å². The molecule has 0 fully saturated rings. The maximum atomic E-state index is 12.4.